The lowest BCUT2D eigenvalue weighted by Crippen LogP contribution is -2.56. The van der Waals surface area contributed by atoms with Gasteiger partial charge in [0.1, 0.15) is 46.0 Å². The molecule has 0 aliphatic heterocycles. The van der Waals surface area contributed by atoms with E-state index >= 15 is 0 Å². The molecule has 0 saturated carbocycles. The number of hydrogen-bond acceptors (Lipinski definition) is 9. The van der Waals surface area contributed by atoms with E-state index in [1.807, 2.05) is 79.7 Å². The third-order valence-electron chi connectivity index (χ3n) is 7.58. The summed E-state index contributed by atoms with van der Waals surface area (Å²) in [5.41, 5.74) is 0. The molecule has 276 valence electrons. The van der Waals surface area contributed by atoms with Gasteiger partial charge >= 0.3 is 0 Å². The first-order chi connectivity index (χ1) is 24.9. The minimum atomic E-state index is -2.61. The van der Waals surface area contributed by atoms with Gasteiger partial charge in [-0.15, -0.1) is 0 Å². The molecule has 0 aliphatic rings. The Morgan fingerprint density at radius 3 is 0.569 bits per heavy atom. The predicted molar refractivity (Wildman–Crippen MR) is 209 cm³/mol. The number of rotatable bonds is 22. The maximum Gasteiger partial charge on any atom is 0.229 e. The van der Waals surface area contributed by atoms with Crippen LogP contribution in [0.4, 0.5) is 0 Å². The van der Waals surface area contributed by atoms with Crippen molar-refractivity contribution < 1.29 is 42.0 Å². The fourth-order valence-corrected chi connectivity index (χ4v) is 12.7. The first-order valence-electron chi connectivity index (χ1n) is 18.2. The Labute approximate surface area is 307 Å². The summed E-state index contributed by atoms with van der Waals surface area (Å²) in [6.45, 7) is 19.9. The van der Waals surface area contributed by atoms with E-state index in [4.69, 9.17) is 42.0 Å². The molecule has 4 rings (SSSR count). The molecule has 0 bridgehead atoms. The van der Waals surface area contributed by atoms with Gasteiger partial charge in [-0.1, -0.05) is 0 Å². The van der Waals surface area contributed by atoms with Gasteiger partial charge in [0, 0.05) is 24.3 Å². The number of benzene rings is 4. The van der Waals surface area contributed by atoms with Crippen molar-refractivity contribution in [1.82, 2.24) is 0 Å². The lowest BCUT2D eigenvalue weighted by Gasteiger charge is -2.27. The summed E-state index contributed by atoms with van der Waals surface area (Å²) >= 11 is 0. The molecule has 0 radical (unpaired) electrons. The second-order valence-electron chi connectivity index (χ2n) is 11.3. The summed E-state index contributed by atoms with van der Waals surface area (Å²) in [5, 5.41) is 3.98. The molecule has 0 aliphatic carbocycles. The molecule has 0 fully saturated rings. The summed E-state index contributed by atoms with van der Waals surface area (Å²) in [6.07, 6.45) is 0. The highest BCUT2D eigenvalue weighted by molar-refractivity contribution is 6.92. The van der Waals surface area contributed by atoms with E-state index < -0.39 is 18.1 Å². The van der Waals surface area contributed by atoms with E-state index in [-0.39, 0.29) is 0 Å². The first kappa shape index (κ1) is 39.5. The Hall–Kier alpha value is -4.33. The highest BCUT2D eigenvalue weighted by Crippen LogP contribution is 2.25. The molecule has 51 heavy (non-hydrogen) atoms. The van der Waals surface area contributed by atoms with Crippen LogP contribution in [-0.2, 0) is 4.12 Å². The van der Waals surface area contributed by atoms with E-state index in [1.165, 1.54) is 0 Å². The summed E-state index contributed by atoms with van der Waals surface area (Å²) in [7, 11) is -5.22. The van der Waals surface area contributed by atoms with Crippen molar-refractivity contribution in [3.8, 4) is 46.0 Å². The van der Waals surface area contributed by atoms with Crippen molar-refractivity contribution in [2.45, 2.75) is 55.4 Å². The topological polar surface area (TPSA) is 83.1 Å². The van der Waals surface area contributed by atoms with Crippen LogP contribution >= 0.6 is 0 Å². The number of hydrogen-bond donors (Lipinski definition) is 0. The molecule has 0 N–H and O–H groups in total. The van der Waals surface area contributed by atoms with Gasteiger partial charge in [-0.25, -0.2) is 0 Å². The van der Waals surface area contributed by atoms with Crippen LogP contribution < -0.4 is 58.6 Å². The Balaban J connectivity index is 2.04. The van der Waals surface area contributed by atoms with Gasteiger partial charge < -0.3 is 42.0 Å². The first-order valence-corrected chi connectivity index (χ1v) is 21.4. The second-order valence-corrected chi connectivity index (χ2v) is 16.6. The zero-order chi connectivity index (χ0) is 36.6. The smallest absolute Gasteiger partial charge is 0.229 e. The van der Waals surface area contributed by atoms with Crippen LogP contribution in [0.5, 0.6) is 46.0 Å². The molecule has 0 aromatic heterocycles. The Kier molecular flexibility index (Phi) is 15.9. The van der Waals surface area contributed by atoms with Crippen molar-refractivity contribution >= 4 is 38.8 Å². The second kappa shape index (κ2) is 20.5. The molecule has 0 unspecified atom stereocenters. The SMILES string of the molecule is CCOc1cc(OCC)cc([SiH](O[SiH](c2cc(OCC)cc(OCC)c2)c2cc(OCC)cc(OCC)c2)c2cc(OCC)cc(OCC)c2)c1. The minimum absolute atomic E-state index is 0.517. The zero-order valence-corrected chi connectivity index (χ0v) is 33.7. The molecule has 0 amide bonds. The van der Waals surface area contributed by atoms with Gasteiger partial charge in [0.25, 0.3) is 0 Å². The fourth-order valence-electron chi connectivity index (χ4n) is 5.82. The fraction of sp³-hybridized carbons (Fsp3) is 0.400. The molecular formula is C40H54O9Si2. The quantitative estimate of drug-likeness (QED) is 0.100. The highest BCUT2D eigenvalue weighted by Gasteiger charge is 2.30. The van der Waals surface area contributed by atoms with Gasteiger partial charge in [0.15, 0.2) is 0 Å². The highest BCUT2D eigenvalue weighted by atomic mass is 28.4. The van der Waals surface area contributed by atoms with Crippen LogP contribution in [0.15, 0.2) is 72.8 Å². The van der Waals surface area contributed by atoms with E-state index in [2.05, 4.69) is 48.5 Å². The monoisotopic (exact) mass is 734 g/mol. The Morgan fingerprint density at radius 1 is 0.275 bits per heavy atom. The molecule has 4 aromatic carbocycles. The standard InChI is InChI=1S/C40H54O9Si2/c1-9-41-29-17-30(42-10-2)22-37(21-29)50(38-23-31(43-11-3)18-32(24-38)44-12-4)49-51(39-25-33(45-13-5)19-34(26-39)46-14-6)40-27-35(47-15-7)20-36(28-40)48-16-8/h17-28,50-51H,9-16H2,1-8H3. The van der Waals surface area contributed by atoms with Gasteiger partial charge in [-0.3, -0.25) is 0 Å². The van der Waals surface area contributed by atoms with Crippen LogP contribution in [0.2, 0.25) is 0 Å². The van der Waals surface area contributed by atoms with Crippen LogP contribution in [0.25, 0.3) is 0 Å². The maximum absolute atomic E-state index is 7.69. The van der Waals surface area contributed by atoms with E-state index in [0.29, 0.717) is 52.9 Å². The Bertz CT molecular complexity index is 1330. The largest absolute Gasteiger partial charge is 0.494 e. The zero-order valence-electron chi connectivity index (χ0n) is 31.4. The van der Waals surface area contributed by atoms with Crippen LogP contribution in [-0.4, -0.2) is 70.9 Å². The molecule has 0 spiro atoms. The minimum Gasteiger partial charge on any atom is -0.494 e. The van der Waals surface area contributed by atoms with Gasteiger partial charge in [0.05, 0.1) is 52.9 Å². The van der Waals surface area contributed by atoms with Crippen molar-refractivity contribution in [3.63, 3.8) is 0 Å². The molecule has 0 atom stereocenters. The average Bonchev–Trinajstić information content (AvgIpc) is 3.09. The van der Waals surface area contributed by atoms with Gasteiger partial charge in [-0.05, 0) is 125 Å². The summed E-state index contributed by atoms with van der Waals surface area (Å²) < 4.78 is 56.3. The average molecular weight is 735 g/mol. The summed E-state index contributed by atoms with van der Waals surface area (Å²) in [5.74, 6) is 5.76. The van der Waals surface area contributed by atoms with Crippen LogP contribution in [0.3, 0.4) is 0 Å². The molecular weight excluding hydrogens is 681 g/mol. The molecule has 0 saturated heterocycles. The van der Waals surface area contributed by atoms with Crippen molar-refractivity contribution in [1.29, 1.82) is 0 Å². The summed E-state index contributed by atoms with van der Waals surface area (Å²) in [4.78, 5) is 0. The van der Waals surface area contributed by atoms with E-state index in [9.17, 15) is 0 Å². The third kappa shape index (κ3) is 11.3. The molecule has 4 aromatic rings. The normalized spacial score (nSPS) is 11.0. The lowest BCUT2D eigenvalue weighted by atomic mass is 10.3. The summed E-state index contributed by atoms with van der Waals surface area (Å²) in [6, 6.07) is 24.3. The molecule has 9 nitrogen and oxygen atoms in total. The van der Waals surface area contributed by atoms with Crippen molar-refractivity contribution in [2.24, 2.45) is 0 Å². The van der Waals surface area contributed by atoms with Crippen LogP contribution in [0, 0.1) is 0 Å². The lowest BCUT2D eigenvalue weighted by molar-refractivity contribution is 0.323. The van der Waals surface area contributed by atoms with E-state index in [1.54, 1.807) is 0 Å². The van der Waals surface area contributed by atoms with Gasteiger partial charge in [-0.2, -0.15) is 0 Å². The Morgan fingerprint density at radius 2 is 0.431 bits per heavy atom. The number of ether oxygens (including phenoxy) is 8. The maximum atomic E-state index is 7.69. The predicted octanol–water partition coefficient (Wildman–Crippen LogP) is 5.27. The molecule has 0 heterocycles. The van der Waals surface area contributed by atoms with Crippen molar-refractivity contribution in [2.75, 3.05) is 52.9 Å². The van der Waals surface area contributed by atoms with Crippen LogP contribution in [0.1, 0.15) is 55.4 Å². The van der Waals surface area contributed by atoms with E-state index in [0.717, 1.165) is 66.7 Å². The van der Waals surface area contributed by atoms with Crippen molar-refractivity contribution in [3.05, 3.63) is 72.8 Å². The molecule has 11 heteroatoms. The third-order valence-corrected chi connectivity index (χ3v) is 13.5. The van der Waals surface area contributed by atoms with Gasteiger partial charge in [0.2, 0.25) is 18.1 Å².